The Bertz CT molecular complexity index is 296. The molecule has 0 radical (unpaired) electrons. The first-order valence-corrected chi connectivity index (χ1v) is 5.79. The SMILES string of the molecule is C[C@@H]1C[C@@H](CC(=O)N(C)C)CC[C@@H]1N=[N+]=[N-]. The predicted molar refractivity (Wildman–Crippen MR) is 62.8 cm³/mol. The Balaban J connectivity index is 2.45. The Hall–Kier alpha value is -1.22. The van der Waals surface area contributed by atoms with Gasteiger partial charge in [-0.25, -0.2) is 0 Å². The lowest BCUT2D eigenvalue weighted by Crippen LogP contribution is -2.30. The van der Waals surface area contributed by atoms with Crippen molar-refractivity contribution in [3.8, 4) is 0 Å². The van der Waals surface area contributed by atoms with Crippen LogP contribution in [0.3, 0.4) is 0 Å². The van der Waals surface area contributed by atoms with E-state index in [1.807, 2.05) is 0 Å². The molecular formula is C11H20N4O. The summed E-state index contributed by atoms with van der Waals surface area (Å²) in [6.45, 7) is 2.10. The highest BCUT2D eigenvalue weighted by Gasteiger charge is 2.28. The number of carbonyl (C=O) groups is 1. The molecule has 3 atom stereocenters. The Morgan fingerprint density at radius 1 is 1.50 bits per heavy atom. The van der Waals surface area contributed by atoms with Crippen molar-refractivity contribution in [1.82, 2.24) is 4.90 Å². The number of carbonyl (C=O) groups excluding carboxylic acids is 1. The molecule has 0 aromatic carbocycles. The van der Waals surface area contributed by atoms with Crippen LogP contribution in [0.5, 0.6) is 0 Å². The molecule has 0 aromatic rings. The van der Waals surface area contributed by atoms with Gasteiger partial charge in [0.05, 0.1) is 0 Å². The van der Waals surface area contributed by atoms with E-state index in [1.54, 1.807) is 19.0 Å². The van der Waals surface area contributed by atoms with Crippen molar-refractivity contribution in [3.05, 3.63) is 10.4 Å². The minimum absolute atomic E-state index is 0.121. The molecule has 0 aliphatic heterocycles. The van der Waals surface area contributed by atoms with Crippen LogP contribution in [-0.4, -0.2) is 30.9 Å². The van der Waals surface area contributed by atoms with Gasteiger partial charge in [0.1, 0.15) is 0 Å². The molecule has 0 unspecified atom stereocenters. The second kappa shape index (κ2) is 5.75. The van der Waals surface area contributed by atoms with Gasteiger partial charge in [0.2, 0.25) is 5.91 Å². The molecule has 1 aliphatic rings. The number of hydrogen-bond donors (Lipinski definition) is 0. The fourth-order valence-electron chi connectivity index (χ4n) is 2.34. The maximum absolute atomic E-state index is 11.6. The first-order chi connectivity index (χ1) is 7.54. The second-order valence-corrected chi connectivity index (χ2v) is 4.92. The van der Waals surface area contributed by atoms with Crippen molar-refractivity contribution in [2.75, 3.05) is 14.1 Å². The zero-order valence-corrected chi connectivity index (χ0v) is 10.3. The topological polar surface area (TPSA) is 69.1 Å². The lowest BCUT2D eigenvalue weighted by atomic mass is 9.78. The molecular weight excluding hydrogens is 204 g/mol. The van der Waals surface area contributed by atoms with Gasteiger partial charge in [-0.15, -0.1) is 0 Å². The maximum atomic E-state index is 11.6. The van der Waals surface area contributed by atoms with Crippen LogP contribution < -0.4 is 0 Å². The van der Waals surface area contributed by atoms with E-state index in [0.29, 0.717) is 18.3 Å². The summed E-state index contributed by atoms with van der Waals surface area (Å²) in [5.41, 5.74) is 8.42. The molecule has 1 fully saturated rings. The molecule has 0 bridgehead atoms. The van der Waals surface area contributed by atoms with Crippen molar-refractivity contribution in [2.24, 2.45) is 17.0 Å². The summed E-state index contributed by atoms with van der Waals surface area (Å²) in [6.07, 6.45) is 3.52. The largest absolute Gasteiger partial charge is 0.349 e. The third kappa shape index (κ3) is 3.42. The Labute approximate surface area is 96.4 Å². The normalized spacial score (nSPS) is 29.3. The van der Waals surface area contributed by atoms with Crippen LogP contribution in [0.4, 0.5) is 0 Å². The van der Waals surface area contributed by atoms with Gasteiger partial charge in [-0.1, -0.05) is 12.0 Å². The summed E-state index contributed by atoms with van der Waals surface area (Å²) >= 11 is 0. The van der Waals surface area contributed by atoms with E-state index in [0.717, 1.165) is 19.3 Å². The average Bonchev–Trinajstić information content (AvgIpc) is 2.22. The Morgan fingerprint density at radius 3 is 2.69 bits per heavy atom. The van der Waals surface area contributed by atoms with E-state index in [-0.39, 0.29) is 11.9 Å². The highest BCUT2D eigenvalue weighted by Crippen LogP contribution is 2.33. The van der Waals surface area contributed by atoms with Crippen molar-refractivity contribution < 1.29 is 4.79 Å². The third-order valence-corrected chi connectivity index (χ3v) is 3.39. The molecule has 1 amide bonds. The number of nitrogens with zero attached hydrogens (tertiary/aromatic N) is 4. The van der Waals surface area contributed by atoms with Crippen molar-refractivity contribution in [3.63, 3.8) is 0 Å². The Kier molecular flexibility index (Phi) is 4.62. The van der Waals surface area contributed by atoms with Gasteiger partial charge < -0.3 is 4.90 Å². The zero-order chi connectivity index (χ0) is 12.1. The predicted octanol–water partition coefficient (Wildman–Crippen LogP) is 2.58. The van der Waals surface area contributed by atoms with E-state index in [9.17, 15) is 4.79 Å². The third-order valence-electron chi connectivity index (χ3n) is 3.39. The highest BCUT2D eigenvalue weighted by molar-refractivity contribution is 5.75. The zero-order valence-electron chi connectivity index (χ0n) is 10.3. The molecule has 90 valence electrons. The van der Waals surface area contributed by atoms with Crippen LogP contribution in [0.15, 0.2) is 5.11 Å². The monoisotopic (exact) mass is 224 g/mol. The molecule has 1 rings (SSSR count). The summed E-state index contributed by atoms with van der Waals surface area (Å²) in [5, 5.41) is 3.80. The number of amides is 1. The van der Waals surface area contributed by atoms with Crippen molar-refractivity contribution in [2.45, 2.75) is 38.6 Å². The number of hydrogen-bond acceptors (Lipinski definition) is 2. The summed E-state index contributed by atoms with van der Waals surface area (Å²) in [7, 11) is 3.58. The molecule has 0 N–H and O–H groups in total. The van der Waals surface area contributed by atoms with Crippen molar-refractivity contribution >= 4 is 5.91 Å². The van der Waals surface area contributed by atoms with Crippen molar-refractivity contribution in [1.29, 1.82) is 0 Å². The molecule has 0 spiro atoms. The lowest BCUT2D eigenvalue weighted by Gasteiger charge is -2.31. The summed E-state index contributed by atoms with van der Waals surface area (Å²) in [5.74, 6) is 1.04. The van der Waals surface area contributed by atoms with Crippen LogP contribution in [0.25, 0.3) is 10.4 Å². The van der Waals surface area contributed by atoms with E-state index in [1.165, 1.54) is 0 Å². The van der Waals surface area contributed by atoms with Gasteiger partial charge in [0.15, 0.2) is 0 Å². The number of rotatable bonds is 3. The van der Waals surface area contributed by atoms with Crippen LogP contribution >= 0.6 is 0 Å². The molecule has 0 saturated heterocycles. The number of azide groups is 1. The van der Waals surface area contributed by atoms with E-state index < -0.39 is 0 Å². The standard InChI is InChI=1S/C11H20N4O/c1-8-6-9(7-11(16)15(2)3)4-5-10(8)13-14-12/h8-10H,4-7H2,1-3H3/t8-,9+,10+/m1/s1. The summed E-state index contributed by atoms with van der Waals surface area (Å²) in [6, 6.07) is 0.121. The van der Waals surface area contributed by atoms with Crippen LogP contribution in [-0.2, 0) is 4.79 Å². The summed E-state index contributed by atoms with van der Waals surface area (Å²) < 4.78 is 0. The summed E-state index contributed by atoms with van der Waals surface area (Å²) in [4.78, 5) is 16.1. The molecule has 0 heterocycles. The molecule has 16 heavy (non-hydrogen) atoms. The van der Waals surface area contributed by atoms with E-state index in [2.05, 4.69) is 16.9 Å². The minimum Gasteiger partial charge on any atom is -0.349 e. The molecule has 1 saturated carbocycles. The maximum Gasteiger partial charge on any atom is 0.222 e. The van der Waals surface area contributed by atoms with Gasteiger partial charge in [-0.2, -0.15) is 0 Å². The highest BCUT2D eigenvalue weighted by atomic mass is 16.2. The first-order valence-electron chi connectivity index (χ1n) is 5.79. The van der Waals surface area contributed by atoms with Gasteiger partial charge >= 0.3 is 0 Å². The van der Waals surface area contributed by atoms with E-state index in [4.69, 9.17) is 5.53 Å². The fraction of sp³-hybridized carbons (Fsp3) is 0.909. The molecule has 5 nitrogen and oxygen atoms in total. The first kappa shape index (κ1) is 12.8. The van der Waals surface area contributed by atoms with Crippen LogP contribution in [0.2, 0.25) is 0 Å². The van der Waals surface area contributed by atoms with Crippen LogP contribution in [0.1, 0.15) is 32.6 Å². The van der Waals surface area contributed by atoms with Crippen LogP contribution in [0, 0.1) is 11.8 Å². The quantitative estimate of drug-likeness (QED) is 0.412. The lowest BCUT2D eigenvalue weighted by molar-refractivity contribution is -0.130. The van der Waals surface area contributed by atoms with Gasteiger partial charge in [-0.3, -0.25) is 4.79 Å². The smallest absolute Gasteiger partial charge is 0.222 e. The fourth-order valence-corrected chi connectivity index (χ4v) is 2.34. The van der Waals surface area contributed by atoms with Gasteiger partial charge in [-0.05, 0) is 36.6 Å². The second-order valence-electron chi connectivity index (χ2n) is 4.92. The minimum atomic E-state index is 0.121. The molecule has 5 heteroatoms. The van der Waals surface area contributed by atoms with E-state index >= 15 is 0 Å². The average molecular weight is 224 g/mol. The Morgan fingerprint density at radius 2 is 2.19 bits per heavy atom. The molecule has 1 aliphatic carbocycles. The molecule has 0 aromatic heterocycles. The van der Waals surface area contributed by atoms with Gasteiger partial charge in [0, 0.05) is 31.5 Å². The van der Waals surface area contributed by atoms with Gasteiger partial charge in [0.25, 0.3) is 0 Å².